The molecule has 142 valence electrons. The van der Waals surface area contributed by atoms with E-state index in [0.29, 0.717) is 31.0 Å². The van der Waals surface area contributed by atoms with Gasteiger partial charge in [-0.2, -0.15) is 0 Å². The fourth-order valence-corrected chi connectivity index (χ4v) is 3.29. The quantitative estimate of drug-likeness (QED) is 0.850. The van der Waals surface area contributed by atoms with Gasteiger partial charge in [-0.1, -0.05) is 30.3 Å². The summed E-state index contributed by atoms with van der Waals surface area (Å²) in [7, 11) is 1.63. The largest absolute Gasteiger partial charge is 0.358 e. The van der Waals surface area contributed by atoms with Crippen molar-refractivity contribution in [1.82, 2.24) is 25.1 Å². The molecule has 0 unspecified atom stereocenters. The predicted molar refractivity (Wildman–Crippen MR) is 102 cm³/mol. The van der Waals surface area contributed by atoms with Crippen LogP contribution in [0.3, 0.4) is 0 Å². The molecule has 7 nitrogen and oxygen atoms in total. The van der Waals surface area contributed by atoms with Crippen molar-refractivity contribution in [3.63, 3.8) is 0 Å². The van der Waals surface area contributed by atoms with Crippen LogP contribution in [0.25, 0.3) is 0 Å². The Morgan fingerprint density at radius 3 is 2.52 bits per heavy atom. The molecule has 0 radical (unpaired) electrons. The Bertz CT molecular complexity index is 779. The zero-order valence-electron chi connectivity index (χ0n) is 15.8. The monoisotopic (exact) mass is 367 g/mol. The standard InChI is InChI=1S/C20H25N5O2/c1-15-22-12-17(13-23-15)20(27)25-11-10-24(18(14-25)19(26)21-2)9-8-16-6-4-3-5-7-16/h3-7,12-13,18H,8-11,14H2,1-2H3,(H,21,26)/t18-/m1/s1. The minimum absolute atomic E-state index is 0.0688. The minimum atomic E-state index is -0.359. The average molecular weight is 367 g/mol. The maximum absolute atomic E-state index is 12.7. The molecule has 0 bridgehead atoms. The van der Waals surface area contributed by atoms with Gasteiger partial charge in [0.1, 0.15) is 11.9 Å². The number of piperazine rings is 1. The molecule has 1 aromatic carbocycles. The van der Waals surface area contributed by atoms with Gasteiger partial charge in [-0.05, 0) is 18.9 Å². The van der Waals surface area contributed by atoms with Crippen molar-refractivity contribution in [3.8, 4) is 0 Å². The van der Waals surface area contributed by atoms with E-state index in [2.05, 4.69) is 32.3 Å². The summed E-state index contributed by atoms with van der Waals surface area (Å²) in [6.07, 6.45) is 3.96. The van der Waals surface area contributed by atoms with Crippen molar-refractivity contribution in [2.75, 3.05) is 33.2 Å². The Morgan fingerprint density at radius 2 is 1.85 bits per heavy atom. The maximum Gasteiger partial charge on any atom is 0.257 e. The Hall–Kier alpha value is -2.80. The lowest BCUT2D eigenvalue weighted by atomic mass is 10.1. The van der Waals surface area contributed by atoms with Crippen LogP contribution in [-0.2, 0) is 11.2 Å². The SMILES string of the molecule is CNC(=O)[C@H]1CN(C(=O)c2cnc(C)nc2)CCN1CCc1ccccc1. The van der Waals surface area contributed by atoms with Crippen LogP contribution in [0.15, 0.2) is 42.7 Å². The van der Waals surface area contributed by atoms with Gasteiger partial charge < -0.3 is 10.2 Å². The predicted octanol–water partition coefficient (Wildman–Crippen LogP) is 0.900. The van der Waals surface area contributed by atoms with Gasteiger partial charge in [-0.15, -0.1) is 0 Å². The van der Waals surface area contributed by atoms with Crippen LogP contribution in [0.4, 0.5) is 0 Å². The van der Waals surface area contributed by atoms with Crippen LogP contribution in [0.5, 0.6) is 0 Å². The molecule has 27 heavy (non-hydrogen) atoms. The molecule has 1 atom stereocenters. The Kier molecular flexibility index (Phi) is 6.13. The number of carbonyl (C=O) groups excluding carboxylic acids is 2. The molecule has 1 aliphatic rings. The van der Waals surface area contributed by atoms with Gasteiger partial charge in [-0.25, -0.2) is 9.97 Å². The molecule has 1 aliphatic heterocycles. The van der Waals surface area contributed by atoms with E-state index in [1.165, 1.54) is 5.56 Å². The van der Waals surface area contributed by atoms with Crippen LogP contribution in [0, 0.1) is 6.92 Å². The van der Waals surface area contributed by atoms with Gasteiger partial charge in [0.2, 0.25) is 5.91 Å². The van der Waals surface area contributed by atoms with Gasteiger partial charge in [0.05, 0.1) is 5.56 Å². The number of hydrogen-bond acceptors (Lipinski definition) is 5. The zero-order chi connectivity index (χ0) is 19.2. The van der Waals surface area contributed by atoms with Crippen LogP contribution < -0.4 is 5.32 Å². The first-order valence-electron chi connectivity index (χ1n) is 9.16. The van der Waals surface area contributed by atoms with Crippen LogP contribution in [-0.4, -0.2) is 70.9 Å². The first-order chi connectivity index (χ1) is 13.1. The van der Waals surface area contributed by atoms with Crippen molar-refractivity contribution in [3.05, 3.63) is 59.7 Å². The van der Waals surface area contributed by atoms with Crippen molar-refractivity contribution < 1.29 is 9.59 Å². The zero-order valence-corrected chi connectivity index (χ0v) is 15.8. The number of carbonyl (C=O) groups is 2. The summed E-state index contributed by atoms with van der Waals surface area (Å²) < 4.78 is 0. The minimum Gasteiger partial charge on any atom is -0.358 e. The van der Waals surface area contributed by atoms with Gasteiger partial charge in [0.25, 0.3) is 5.91 Å². The second-order valence-electron chi connectivity index (χ2n) is 6.67. The van der Waals surface area contributed by atoms with E-state index in [-0.39, 0.29) is 17.9 Å². The summed E-state index contributed by atoms with van der Waals surface area (Å²) >= 11 is 0. The first kappa shape index (κ1) is 19.0. The van der Waals surface area contributed by atoms with Crippen molar-refractivity contribution in [2.24, 2.45) is 0 Å². The topological polar surface area (TPSA) is 78.4 Å². The van der Waals surface area contributed by atoms with E-state index in [1.807, 2.05) is 18.2 Å². The molecular weight excluding hydrogens is 342 g/mol. The highest BCUT2D eigenvalue weighted by Gasteiger charge is 2.34. The highest BCUT2D eigenvalue weighted by atomic mass is 16.2. The fourth-order valence-electron chi connectivity index (χ4n) is 3.29. The molecule has 3 rings (SSSR count). The number of aromatic nitrogens is 2. The van der Waals surface area contributed by atoms with Crippen molar-refractivity contribution >= 4 is 11.8 Å². The third-order valence-corrected chi connectivity index (χ3v) is 4.89. The van der Waals surface area contributed by atoms with E-state index < -0.39 is 0 Å². The van der Waals surface area contributed by atoms with E-state index in [1.54, 1.807) is 31.3 Å². The molecule has 7 heteroatoms. The molecule has 2 aromatic rings. The molecule has 1 N–H and O–H groups in total. The lowest BCUT2D eigenvalue weighted by Crippen LogP contribution is -2.60. The van der Waals surface area contributed by atoms with Crippen molar-refractivity contribution in [1.29, 1.82) is 0 Å². The number of hydrogen-bond donors (Lipinski definition) is 1. The molecule has 2 amide bonds. The average Bonchev–Trinajstić information content (AvgIpc) is 2.72. The first-order valence-corrected chi connectivity index (χ1v) is 9.16. The molecule has 1 fully saturated rings. The number of likely N-dealkylation sites (N-methyl/N-ethyl adjacent to an activating group) is 1. The lowest BCUT2D eigenvalue weighted by molar-refractivity contribution is -0.127. The highest BCUT2D eigenvalue weighted by Crippen LogP contribution is 2.14. The molecule has 2 heterocycles. The Balaban J connectivity index is 1.67. The van der Waals surface area contributed by atoms with Crippen LogP contribution in [0.2, 0.25) is 0 Å². The smallest absolute Gasteiger partial charge is 0.257 e. The summed E-state index contributed by atoms with van der Waals surface area (Å²) in [6.45, 7) is 4.15. The van der Waals surface area contributed by atoms with E-state index in [9.17, 15) is 9.59 Å². The summed E-state index contributed by atoms with van der Waals surface area (Å²) in [6, 6.07) is 9.86. The molecule has 1 saturated heterocycles. The molecule has 0 saturated carbocycles. The maximum atomic E-state index is 12.7. The molecule has 0 aliphatic carbocycles. The van der Waals surface area contributed by atoms with Gasteiger partial charge in [0, 0.05) is 45.6 Å². The third-order valence-electron chi connectivity index (χ3n) is 4.89. The second-order valence-corrected chi connectivity index (χ2v) is 6.67. The van der Waals surface area contributed by atoms with E-state index >= 15 is 0 Å². The molecule has 1 aromatic heterocycles. The molecular formula is C20H25N5O2. The van der Waals surface area contributed by atoms with E-state index in [4.69, 9.17) is 0 Å². The highest BCUT2D eigenvalue weighted by molar-refractivity contribution is 5.94. The molecule has 0 spiro atoms. The second kappa shape index (κ2) is 8.73. The number of nitrogens with zero attached hydrogens (tertiary/aromatic N) is 4. The number of nitrogens with one attached hydrogen (secondary N) is 1. The van der Waals surface area contributed by atoms with Gasteiger partial charge >= 0.3 is 0 Å². The van der Waals surface area contributed by atoms with Gasteiger partial charge in [-0.3, -0.25) is 14.5 Å². The summed E-state index contributed by atoms with van der Waals surface area (Å²) in [4.78, 5) is 37.2. The fraction of sp³-hybridized carbons (Fsp3) is 0.400. The summed E-state index contributed by atoms with van der Waals surface area (Å²) in [5, 5.41) is 2.73. The summed E-state index contributed by atoms with van der Waals surface area (Å²) in [5.74, 6) is 0.424. The van der Waals surface area contributed by atoms with E-state index in [0.717, 1.165) is 13.0 Å². The van der Waals surface area contributed by atoms with Gasteiger partial charge in [0.15, 0.2) is 0 Å². The number of aryl methyl sites for hydroxylation is 1. The number of rotatable bonds is 5. The Labute approximate surface area is 159 Å². The Morgan fingerprint density at radius 1 is 1.15 bits per heavy atom. The normalized spacial score (nSPS) is 17.6. The van der Waals surface area contributed by atoms with Crippen molar-refractivity contribution in [2.45, 2.75) is 19.4 Å². The third kappa shape index (κ3) is 4.68. The van der Waals surface area contributed by atoms with Crippen LogP contribution >= 0.6 is 0 Å². The summed E-state index contributed by atoms with van der Waals surface area (Å²) in [5.41, 5.74) is 1.69. The number of amides is 2. The van der Waals surface area contributed by atoms with Crippen LogP contribution in [0.1, 0.15) is 21.7 Å². The number of benzene rings is 1. The lowest BCUT2D eigenvalue weighted by Gasteiger charge is -2.40.